The zero-order chi connectivity index (χ0) is 25.4. The van der Waals surface area contributed by atoms with Crippen molar-refractivity contribution >= 4 is 44.6 Å². The standard InChI is InChI=1S/C26H29BrN2O6S/c1-33-21-6-5-16(11-22(21)34-2)36-14-20-24(26(31)32)23-17(13-28-7-9-35-10-8-28)25(30)18(27)12-19(23)29(20)15-3-4-15/h5-6,11-12,15,30H,3-4,7-10,13-14H2,1-2H3,(H,31,32). The van der Waals surface area contributed by atoms with Gasteiger partial charge in [-0.1, -0.05) is 0 Å². The monoisotopic (exact) mass is 576 g/mol. The highest BCUT2D eigenvalue weighted by molar-refractivity contribution is 9.10. The van der Waals surface area contributed by atoms with E-state index in [4.69, 9.17) is 14.2 Å². The highest BCUT2D eigenvalue weighted by Gasteiger charge is 2.34. The predicted molar refractivity (Wildman–Crippen MR) is 142 cm³/mol. The second kappa shape index (κ2) is 10.5. The third-order valence-electron chi connectivity index (χ3n) is 6.76. The van der Waals surface area contributed by atoms with E-state index in [1.54, 1.807) is 26.0 Å². The van der Waals surface area contributed by atoms with Crippen LogP contribution in [0.2, 0.25) is 0 Å². The lowest BCUT2D eigenvalue weighted by atomic mass is 10.0. The summed E-state index contributed by atoms with van der Waals surface area (Å²) < 4.78 is 19.0. The maximum absolute atomic E-state index is 12.7. The van der Waals surface area contributed by atoms with Crippen molar-refractivity contribution in [1.82, 2.24) is 9.47 Å². The van der Waals surface area contributed by atoms with Gasteiger partial charge in [0.15, 0.2) is 11.5 Å². The highest BCUT2D eigenvalue weighted by Crippen LogP contribution is 2.47. The minimum absolute atomic E-state index is 0.100. The number of phenolic OH excluding ortho intramolecular Hbond substituents is 1. The van der Waals surface area contributed by atoms with Crippen LogP contribution in [0.25, 0.3) is 10.9 Å². The lowest BCUT2D eigenvalue weighted by Gasteiger charge is -2.27. The normalized spacial score (nSPS) is 16.4. The quantitative estimate of drug-likeness (QED) is 0.332. The Bertz CT molecular complexity index is 1300. The van der Waals surface area contributed by atoms with Crippen LogP contribution in [0.4, 0.5) is 0 Å². The second-order valence-corrected chi connectivity index (χ2v) is 10.9. The van der Waals surface area contributed by atoms with Gasteiger partial charge < -0.3 is 29.0 Å². The van der Waals surface area contributed by atoms with E-state index in [-0.39, 0.29) is 17.4 Å². The zero-order valence-electron chi connectivity index (χ0n) is 20.3. The number of aromatic hydroxyl groups is 1. The molecule has 1 saturated heterocycles. The van der Waals surface area contributed by atoms with Gasteiger partial charge in [-0.3, -0.25) is 4.90 Å². The molecule has 0 spiro atoms. The molecule has 10 heteroatoms. The Morgan fingerprint density at radius 2 is 1.89 bits per heavy atom. The molecule has 2 aliphatic rings. The summed E-state index contributed by atoms with van der Waals surface area (Å²) in [6.07, 6.45) is 2.02. The third kappa shape index (κ3) is 4.79. The fourth-order valence-electron chi connectivity index (χ4n) is 4.87. The maximum Gasteiger partial charge on any atom is 0.338 e. The third-order valence-corrected chi connectivity index (χ3v) is 8.37. The molecule has 1 aliphatic heterocycles. The van der Waals surface area contributed by atoms with Crippen LogP contribution in [0.5, 0.6) is 17.2 Å². The zero-order valence-corrected chi connectivity index (χ0v) is 22.7. The molecule has 0 amide bonds. The molecule has 1 aromatic heterocycles. The lowest BCUT2D eigenvalue weighted by Crippen LogP contribution is -2.35. The molecule has 5 rings (SSSR count). The largest absolute Gasteiger partial charge is 0.506 e. The van der Waals surface area contributed by atoms with Gasteiger partial charge in [0.25, 0.3) is 0 Å². The number of phenols is 1. The maximum atomic E-state index is 12.7. The van der Waals surface area contributed by atoms with Crippen molar-refractivity contribution in [3.63, 3.8) is 0 Å². The molecule has 1 aliphatic carbocycles. The van der Waals surface area contributed by atoms with Gasteiger partial charge in [-0.05, 0) is 53.0 Å². The molecule has 8 nitrogen and oxygen atoms in total. The van der Waals surface area contributed by atoms with Crippen molar-refractivity contribution < 1.29 is 29.2 Å². The van der Waals surface area contributed by atoms with Crippen molar-refractivity contribution in [1.29, 1.82) is 0 Å². The average Bonchev–Trinajstić information content (AvgIpc) is 3.67. The van der Waals surface area contributed by atoms with E-state index < -0.39 is 5.97 Å². The second-order valence-electron chi connectivity index (χ2n) is 9.00. The number of halogens is 1. The van der Waals surface area contributed by atoms with Gasteiger partial charge in [0.1, 0.15) is 5.75 Å². The van der Waals surface area contributed by atoms with Crippen LogP contribution in [-0.4, -0.2) is 66.2 Å². The molecule has 1 saturated carbocycles. The van der Waals surface area contributed by atoms with Gasteiger partial charge in [-0.25, -0.2) is 4.79 Å². The number of nitrogens with zero attached hydrogens (tertiary/aromatic N) is 2. The Kier molecular flexibility index (Phi) is 7.39. The molecule has 36 heavy (non-hydrogen) atoms. The van der Waals surface area contributed by atoms with E-state index in [1.165, 1.54) is 0 Å². The van der Waals surface area contributed by atoms with E-state index >= 15 is 0 Å². The Hall–Kier alpha value is -2.40. The number of carboxylic acid groups (broad SMARTS) is 1. The summed E-state index contributed by atoms with van der Waals surface area (Å²) in [5.41, 5.74) is 2.54. The van der Waals surface area contributed by atoms with Gasteiger partial charge in [0.05, 0.1) is 43.0 Å². The number of carboxylic acids is 1. The van der Waals surface area contributed by atoms with Gasteiger partial charge in [-0.2, -0.15) is 0 Å². The average molecular weight is 577 g/mol. The summed E-state index contributed by atoms with van der Waals surface area (Å²) in [5, 5.41) is 22.1. The van der Waals surface area contributed by atoms with E-state index in [9.17, 15) is 15.0 Å². The molecule has 2 N–H and O–H groups in total. The van der Waals surface area contributed by atoms with Crippen LogP contribution in [-0.2, 0) is 17.0 Å². The fourth-order valence-corrected chi connectivity index (χ4v) is 6.27. The summed E-state index contributed by atoms with van der Waals surface area (Å²) in [5.74, 6) is 0.867. The lowest BCUT2D eigenvalue weighted by molar-refractivity contribution is 0.0340. The van der Waals surface area contributed by atoms with Gasteiger partial charge in [-0.15, -0.1) is 11.8 Å². The number of aromatic carboxylic acids is 1. The number of fused-ring (bicyclic) bond motifs is 1. The molecule has 0 unspecified atom stereocenters. The fraction of sp³-hybridized carbons (Fsp3) is 0.423. The first kappa shape index (κ1) is 25.3. The minimum atomic E-state index is -0.979. The predicted octanol–water partition coefficient (Wildman–Crippen LogP) is 5.28. The first-order valence-electron chi connectivity index (χ1n) is 11.9. The van der Waals surface area contributed by atoms with Gasteiger partial charge >= 0.3 is 5.97 Å². The van der Waals surface area contributed by atoms with Crippen molar-refractivity contribution in [2.24, 2.45) is 0 Å². The molecule has 0 atom stereocenters. The SMILES string of the molecule is COc1ccc(SCc2c(C(=O)O)c3c(CN4CCOCC4)c(O)c(Br)cc3n2C2CC2)cc1OC. The number of methoxy groups -OCH3 is 2. The summed E-state index contributed by atoms with van der Waals surface area (Å²) in [6, 6.07) is 7.83. The van der Waals surface area contributed by atoms with Crippen LogP contribution in [0, 0.1) is 0 Å². The summed E-state index contributed by atoms with van der Waals surface area (Å²) in [6.45, 7) is 3.19. The molecule has 2 fully saturated rings. The molecule has 2 aromatic carbocycles. The van der Waals surface area contributed by atoms with E-state index in [0.29, 0.717) is 52.4 Å². The van der Waals surface area contributed by atoms with Crippen molar-refractivity contribution in [2.75, 3.05) is 40.5 Å². The van der Waals surface area contributed by atoms with Gasteiger partial charge in [0.2, 0.25) is 0 Å². The van der Waals surface area contributed by atoms with Crippen LogP contribution in [0.15, 0.2) is 33.6 Å². The number of hydrogen-bond donors (Lipinski definition) is 2. The molecular weight excluding hydrogens is 548 g/mol. The number of ether oxygens (including phenoxy) is 3. The van der Waals surface area contributed by atoms with Crippen molar-refractivity contribution in [3.8, 4) is 17.2 Å². The number of hydrogen-bond acceptors (Lipinski definition) is 7. The van der Waals surface area contributed by atoms with Crippen molar-refractivity contribution in [3.05, 3.63) is 45.6 Å². The molecule has 0 bridgehead atoms. The molecule has 2 heterocycles. The molecule has 192 valence electrons. The Morgan fingerprint density at radius 1 is 1.17 bits per heavy atom. The van der Waals surface area contributed by atoms with E-state index in [0.717, 1.165) is 42.0 Å². The number of benzene rings is 2. The van der Waals surface area contributed by atoms with Gasteiger partial charge in [0, 0.05) is 53.0 Å². The van der Waals surface area contributed by atoms with E-state index in [2.05, 4.69) is 25.4 Å². The summed E-state index contributed by atoms with van der Waals surface area (Å²) in [4.78, 5) is 15.9. The Balaban J connectivity index is 1.61. The minimum Gasteiger partial charge on any atom is -0.506 e. The summed E-state index contributed by atoms with van der Waals surface area (Å²) in [7, 11) is 3.19. The highest BCUT2D eigenvalue weighted by atomic mass is 79.9. The van der Waals surface area contributed by atoms with Crippen LogP contribution in [0.3, 0.4) is 0 Å². The van der Waals surface area contributed by atoms with E-state index in [1.807, 2.05) is 24.3 Å². The Morgan fingerprint density at radius 3 is 2.53 bits per heavy atom. The molecule has 3 aromatic rings. The van der Waals surface area contributed by atoms with Crippen LogP contribution >= 0.6 is 27.7 Å². The number of rotatable bonds is 9. The topological polar surface area (TPSA) is 93.4 Å². The first-order valence-corrected chi connectivity index (χ1v) is 13.7. The first-order chi connectivity index (χ1) is 17.4. The molecule has 0 radical (unpaired) electrons. The van der Waals surface area contributed by atoms with Crippen molar-refractivity contribution in [2.45, 2.75) is 36.1 Å². The van der Waals surface area contributed by atoms with Crippen LogP contribution in [0.1, 0.15) is 40.5 Å². The van der Waals surface area contributed by atoms with Crippen LogP contribution < -0.4 is 9.47 Å². The summed E-state index contributed by atoms with van der Waals surface area (Å²) >= 11 is 5.08. The number of aromatic nitrogens is 1. The number of carbonyl (C=O) groups is 1. The number of morpholine rings is 1. The Labute approximate surface area is 222 Å². The molecular formula is C26H29BrN2O6S. The smallest absolute Gasteiger partial charge is 0.338 e. The number of thioether (sulfide) groups is 1.